The van der Waals surface area contributed by atoms with Gasteiger partial charge in [-0.05, 0) is 12.1 Å². The van der Waals surface area contributed by atoms with Crippen molar-refractivity contribution in [2.75, 3.05) is 0 Å². The molecule has 0 unspecified atom stereocenters. The van der Waals surface area contributed by atoms with E-state index in [4.69, 9.17) is 5.69 Å². The number of benzene rings is 1. The maximum Gasteiger partial charge on any atom is 0.0348 e. The lowest BCUT2D eigenvalue weighted by Gasteiger charge is -1.82. The lowest BCUT2D eigenvalue weighted by atomic mass is 10.4. The highest BCUT2D eigenvalue weighted by Gasteiger charge is 1.76. The van der Waals surface area contributed by atoms with Crippen LogP contribution in [-0.2, 0) is 0 Å². The topological polar surface area (TPSA) is 0 Å². The number of rotatable bonds is 0. The van der Waals surface area contributed by atoms with E-state index in [2.05, 4.69) is 0 Å². The van der Waals surface area contributed by atoms with E-state index in [0.717, 1.165) is 4.90 Å². The Balaban J connectivity index is 3.05. The van der Waals surface area contributed by atoms with Crippen LogP contribution < -0.4 is 0 Å². The zero-order chi connectivity index (χ0) is 5.82. The molecule has 0 saturated heterocycles. The summed E-state index contributed by atoms with van der Waals surface area (Å²) < 4.78 is 0. The average molecular weight is 122 g/mol. The van der Waals surface area contributed by atoms with Gasteiger partial charge in [-0.25, -0.2) is 0 Å². The van der Waals surface area contributed by atoms with Gasteiger partial charge in [0.25, 0.3) is 0 Å². The fourth-order valence-corrected chi connectivity index (χ4v) is 0.813. The molecule has 1 aromatic rings. The summed E-state index contributed by atoms with van der Waals surface area (Å²) in [5.74, 6) is 0. The maximum absolute atomic E-state index is 5.27. The third-order valence-electron chi connectivity index (χ3n) is 0.879. The predicted octanol–water partition coefficient (Wildman–Crippen LogP) is 2.37. The first-order valence-electron chi connectivity index (χ1n) is 2.35. The van der Waals surface area contributed by atoms with E-state index >= 15 is 0 Å². The smallest absolute Gasteiger partial charge is 0.0348 e. The van der Waals surface area contributed by atoms with Crippen LogP contribution in [0.3, 0.4) is 0 Å². The average Bonchev–Trinajstić information content (AvgIpc) is 1.90. The van der Waals surface area contributed by atoms with Gasteiger partial charge >= 0.3 is 0 Å². The summed E-state index contributed by atoms with van der Waals surface area (Å²) >= 11 is 1.27. The molecule has 1 rings (SSSR count). The van der Waals surface area contributed by atoms with E-state index in [1.54, 1.807) is 0 Å². The van der Waals surface area contributed by atoms with Crippen molar-refractivity contribution in [3.63, 3.8) is 0 Å². The first-order valence-corrected chi connectivity index (χ1v) is 3.23. The molecular weight excluding hydrogens is 116 g/mol. The second-order valence-corrected chi connectivity index (χ2v) is 2.14. The Bertz CT molecular complexity index is 195. The van der Waals surface area contributed by atoms with Gasteiger partial charge in [0, 0.05) is 4.90 Å². The van der Waals surface area contributed by atoms with E-state index < -0.39 is 0 Å². The molecule has 0 bridgehead atoms. The molecule has 1 heteroatoms. The summed E-state index contributed by atoms with van der Waals surface area (Å²) in [7, 11) is 0. The van der Waals surface area contributed by atoms with Crippen molar-refractivity contribution in [1.29, 1.82) is 0 Å². The van der Waals surface area contributed by atoms with Crippen molar-refractivity contribution in [2.45, 2.75) is 4.90 Å². The van der Waals surface area contributed by atoms with Crippen molar-refractivity contribution in [3.05, 3.63) is 30.3 Å². The Morgan fingerprint density at radius 1 is 1.12 bits per heavy atom. The van der Waals surface area contributed by atoms with Crippen molar-refractivity contribution < 1.29 is 0 Å². The molecule has 40 valence electrons. The molecule has 0 atom stereocenters. The zero-order valence-corrected chi connectivity index (χ0v) is 5.19. The molecule has 0 aromatic heterocycles. The number of hydrogen-bond donors (Lipinski definition) is 0. The third kappa shape index (κ3) is 1.09. The second kappa shape index (κ2) is 2.51. The molecule has 0 amide bonds. The van der Waals surface area contributed by atoms with Gasteiger partial charge in [-0.3, -0.25) is 0 Å². The zero-order valence-electron chi connectivity index (χ0n) is 4.37. The predicted molar refractivity (Wildman–Crippen MR) is 37.2 cm³/mol. The quantitative estimate of drug-likeness (QED) is 0.495. The minimum atomic E-state index is 1.10. The number of hydrogen-bond acceptors (Lipinski definition) is 0. The Morgan fingerprint density at radius 2 is 1.75 bits per heavy atom. The Labute approximate surface area is 52.8 Å². The van der Waals surface area contributed by atoms with Crippen molar-refractivity contribution in [2.24, 2.45) is 0 Å². The first kappa shape index (κ1) is 5.36. The van der Waals surface area contributed by atoms with Crippen molar-refractivity contribution >= 4 is 11.2 Å². The molecule has 0 aliphatic rings. The van der Waals surface area contributed by atoms with Crippen LogP contribution in [0.4, 0.5) is 0 Å². The molecule has 0 saturated carbocycles. The summed E-state index contributed by atoms with van der Waals surface area (Å²) in [6, 6.07) is 9.86. The van der Waals surface area contributed by atoms with Gasteiger partial charge in [-0.2, -0.15) is 0 Å². The van der Waals surface area contributed by atoms with E-state index in [9.17, 15) is 0 Å². The molecule has 1 aromatic carbocycles. The molecule has 0 spiro atoms. The van der Waals surface area contributed by atoms with Gasteiger partial charge in [0.1, 0.15) is 0 Å². The Morgan fingerprint density at radius 3 is 2.12 bits per heavy atom. The highest BCUT2D eigenvalue weighted by Crippen LogP contribution is 2.04. The first-order chi connectivity index (χ1) is 3.93. The van der Waals surface area contributed by atoms with Crippen LogP contribution in [0.25, 0.3) is 0 Å². The normalized spacial score (nSPS) is 8.38. The van der Waals surface area contributed by atoms with E-state index in [1.165, 1.54) is 11.2 Å². The van der Waals surface area contributed by atoms with E-state index in [1.807, 2.05) is 30.3 Å². The maximum atomic E-state index is 5.27. The molecule has 0 radical (unpaired) electrons. The summed E-state index contributed by atoms with van der Waals surface area (Å²) in [4.78, 5) is 1.10. The third-order valence-corrected chi connectivity index (χ3v) is 1.42. The van der Waals surface area contributed by atoms with Gasteiger partial charge in [0.2, 0.25) is 0 Å². The molecule has 0 aliphatic carbocycles. The molecule has 8 heavy (non-hydrogen) atoms. The minimum Gasteiger partial charge on any atom is -0.102 e. The Hall–Kier alpha value is -0.780. The van der Waals surface area contributed by atoms with Crippen LogP contribution in [0.2, 0.25) is 0 Å². The van der Waals surface area contributed by atoms with Crippen LogP contribution in [-0.4, -0.2) is 0 Å². The fraction of sp³-hybridized carbons (Fsp3) is 0. The molecular formula is C7H6S. The Kier molecular flexibility index (Phi) is 1.68. The standard InChI is InChI=1S/C7H6S/c1-8-7-5-3-2-4-6-7/h1-6H. The summed E-state index contributed by atoms with van der Waals surface area (Å²) in [5.41, 5.74) is 5.27. The molecule has 0 nitrogen and oxygen atoms in total. The highest BCUT2D eigenvalue weighted by molar-refractivity contribution is 7.88. The van der Waals surface area contributed by atoms with Crippen LogP contribution in [0.1, 0.15) is 0 Å². The van der Waals surface area contributed by atoms with Crippen LogP contribution in [0, 0.1) is 5.69 Å². The summed E-state index contributed by atoms with van der Waals surface area (Å²) in [6.07, 6.45) is 0. The molecule has 0 N–H and O–H groups in total. The molecule has 0 aliphatic heterocycles. The monoisotopic (exact) mass is 122 g/mol. The summed E-state index contributed by atoms with van der Waals surface area (Å²) in [6.45, 7) is 0. The largest absolute Gasteiger partial charge is 0.102 e. The minimum absolute atomic E-state index is 1.10. The molecule has 0 fully saturated rings. The van der Waals surface area contributed by atoms with Gasteiger partial charge in [0.05, 0.1) is 0 Å². The van der Waals surface area contributed by atoms with Gasteiger partial charge in [-0.1, -0.05) is 18.2 Å². The van der Waals surface area contributed by atoms with Crippen molar-refractivity contribution in [3.8, 4) is 5.69 Å². The van der Waals surface area contributed by atoms with Crippen LogP contribution in [0.5, 0.6) is 0 Å². The summed E-state index contributed by atoms with van der Waals surface area (Å²) in [5, 5.41) is 0. The molecule has 0 heterocycles. The van der Waals surface area contributed by atoms with Gasteiger partial charge in [0.15, 0.2) is 0 Å². The second-order valence-electron chi connectivity index (χ2n) is 1.43. The highest BCUT2D eigenvalue weighted by atomic mass is 32.1. The SMILES string of the molecule is C#Sc1ccccc1. The fourth-order valence-electron chi connectivity index (χ4n) is 0.499. The van der Waals surface area contributed by atoms with E-state index in [-0.39, 0.29) is 0 Å². The van der Waals surface area contributed by atoms with Crippen molar-refractivity contribution in [1.82, 2.24) is 0 Å². The van der Waals surface area contributed by atoms with E-state index in [0.29, 0.717) is 0 Å². The van der Waals surface area contributed by atoms with Crippen LogP contribution >= 0.6 is 11.2 Å². The van der Waals surface area contributed by atoms with Gasteiger partial charge < -0.3 is 0 Å². The lowest BCUT2D eigenvalue weighted by molar-refractivity contribution is 1.48. The van der Waals surface area contributed by atoms with Crippen LogP contribution in [0.15, 0.2) is 35.2 Å². The van der Waals surface area contributed by atoms with Gasteiger partial charge in [-0.15, -0.1) is 16.9 Å². The lowest BCUT2D eigenvalue weighted by Crippen LogP contribution is -1.58.